The molecule has 0 unspecified atom stereocenters. The van der Waals surface area contributed by atoms with Crippen molar-refractivity contribution in [2.24, 2.45) is 0 Å². The summed E-state index contributed by atoms with van der Waals surface area (Å²) in [6, 6.07) is 7.60. The van der Waals surface area contributed by atoms with Crippen LogP contribution in [0.1, 0.15) is 25.3 Å². The fourth-order valence-corrected chi connectivity index (χ4v) is 1.59. The third kappa shape index (κ3) is 7.29. The molecule has 0 aromatic heterocycles. The van der Waals surface area contributed by atoms with E-state index in [1.165, 1.54) is 5.56 Å². The van der Waals surface area contributed by atoms with Gasteiger partial charge in [0.25, 0.3) is 0 Å². The van der Waals surface area contributed by atoms with Crippen LogP contribution in [0.25, 0.3) is 0 Å². The lowest BCUT2D eigenvalue weighted by atomic mass is 10.1. The summed E-state index contributed by atoms with van der Waals surface area (Å²) in [5.74, 6) is 0. The number of nitrogens with one attached hydrogen (secondary N) is 1. The van der Waals surface area contributed by atoms with Gasteiger partial charge in [0.1, 0.15) is 0 Å². The summed E-state index contributed by atoms with van der Waals surface area (Å²) >= 11 is 0. The first-order valence-electron chi connectivity index (χ1n) is 5.48. The maximum absolute atomic E-state index is 12.1. The quantitative estimate of drug-likeness (QED) is 0.815. The van der Waals surface area contributed by atoms with E-state index in [0.29, 0.717) is 5.41 Å². The Balaban J connectivity index is 0.00000289. The molecular formula is C12H17ClFNO2S. The molecular weight excluding hydrogens is 277 g/mol. The molecule has 3 nitrogen and oxygen atoms in total. The second-order valence-corrected chi connectivity index (χ2v) is 4.95. The molecule has 1 aromatic carbocycles. The molecule has 6 heteroatoms. The molecule has 0 atom stereocenters. The van der Waals surface area contributed by atoms with Crippen molar-refractivity contribution in [3.05, 3.63) is 41.4 Å². The molecule has 0 aliphatic heterocycles. The molecule has 1 N–H and O–H groups in total. The summed E-state index contributed by atoms with van der Waals surface area (Å²) in [5, 5.41) is 3.17. The lowest BCUT2D eigenvalue weighted by molar-refractivity contribution is 0.563. The molecule has 0 aliphatic rings. The van der Waals surface area contributed by atoms with Crippen LogP contribution in [0.4, 0.5) is 9.57 Å². The van der Waals surface area contributed by atoms with Crippen LogP contribution in [-0.2, 0) is 16.6 Å². The Morgan fingerprint density at radius 2 is 1.89 bits per heavy atom. The highest BCUT2D eigenvalue weighted by Gasteiger charge is 1.98. The summed E-state index contributed by atoms with van der Waals surface area (Å²) in [5.41, 5.74) is 1.96. The van der Waals surface area contributed by atoms with Crippen molar-refractivity contribution in [2.75, 3.05) is 5.32 Å². The van der Waals surface area contributed by atoms with Crippen molar-refractivity contribution in [1.29, 1.82) is 0 Å². The number of benzene rings is 1. The van der Waals surface area contributed by atoms with Gasteiger partial charge in [0.2, 0.25) is 0 Å². The lowest BCUT2D eigenvalue weighted by Gasteiger charge is -2.03. The maximum atomic E-state index is 12.1. The summed E-state index contributed by atoms with van der Waals surface area (Å²) in [7, 11) is -4.56. The van der Waals surface area contributed by atoms with Gasteiger partial charge in [-0.3, -0.25) is 0 Å². The van der Waals surface area contributed by atoms with Crippen LogP contribution in [0.15, 0.2) is 35.9 Å². The zero-order chi connectivity index (χ0) is 12.7. The van der Waals surface area contributed by atoms with Crippen LogP contribution in [0.2, 0.25) is 0 Å². The molecule has 0 fully saturated rings. The van der Waals surface area contributed by atoms with Crippen LogP contribution < -0.4 is 5.32 Å². The van der Waals surface area contributed by atoms with E-state index >= 15 is 0 Å². The molecule has 0 saturated heterocycles. The van der Waals surface area contributed by atoms with Crippen molar-refractivity contribution in [2.45, 2.75) is 26.2 Å². The van der Waals surface area contributed by atoms with Crippen LogP contribution in [0.3, 0.4) is 0 Å². The van der Waals surface area contributed by atoms with E-state index in [9.17, 15) is 12.3 Å². The fraction of sp³-hybridized carbons (Fsp3) is 0.333. The molecule has 102 valence electrons. The van der Waals surface area contributed by atoms with Gasteiger partial charge in [-0.1, -0.05) is 25.5 Å². The molecule has 0 radical (unpaired) electrons. The van der Waals surface area contributed by atoms with Gasteiger partial charge in [0, 0.05) is 11.9 Å². The standard InChI is InChI=1S/C12H16FNO2S.ClH/c1-2-3-4-11-5-7-12(8-6-11)14-9-10-17(13,15)16;/h5-10,14H,2-4H2,1H3;1H. The summed E-state index contributed by atoms with van der Waals surface area (Å²) in [4.78, 5) is 0. The van der Waals surface area contributed by atoms with Crippen molar-refractivity contribution in [3.63, 3.8) is 0 Å². The summed E-state index contributed by atoms with van der Waals surface area (Å²) < 4.78 is 32.5. The molecule has 0 aliphatic carbocycles. The van der Waals surface area contributed by atoms with Gasteiger partial charge < -0.3 is 5.32 Å². The Labute approximate surface area is 114 Å². The highest BCUT2D eigenvalue weighted by atomic mass is 35.5. The van der Waals surface area contributed by atoms with Crippen LogP contribution in [0.5, 0.6) is 0 Å². The van der Waals surface area contributed by atoms with Crippen molar-refractivity contribution >= 4 is 28.3 Å². The topological polar surface area (TPSA) is 46.2 Å². The first kappa shape index (κ1) is 16.9. The second-order valence-electron chi connectivity index (χ2n) is 3.72. The fourth-order valence-electron chi connectivity index (χ4n) is 1.36. The zero-order valence-corrected chi connectivity index (χ0v) is 11.7. The molecule has 0 saturated carbocycles. The normalized spacial score (nSPS) is 11.2. The van der Waals surface area contributed by atoms with Crippen LogP contribution >= 0.6 is 12.4 Å². The minimum Gasteiger partial charge on any atom is -0.361 e. The lowest BCUT2D eigenvalue weighted by Crippen LogP contribution is -1.91. The van der Waals surface area contributed by atoms with E-state index in [1.807, 2.05) is 24.3 Å². The SMILES string of the molecule is CCCCc1ccc(NC=CS(=O)(=O)F)cc1.Cl. The highest BCUT2D eigenvalue weighted by molar-refractivity contribution is 7.89. The third-order valence-corrected chi connectivity index (χ3v) is 2.71. The number of unbranched alkanes of at least 4 members (excludes halogenated alkanes) is 1. The average molecular weight is 294 g/mol. The van der Waals surface area contributed by atoms with Gasteiger partial charge in [-0.05, 0) is 30.5 Å². The van der Waals surface area contributed by atoms with E-state index in [4.69, 9.17) is 0 Å². The average Bonchev–Trinajstić information content (AvgIpc) is 2.26. The molecule has 0 spiro atoms. The molecule has 0 amide bonds. The zero-order valence-electron chi connectivity index (χ0n) is 10.1. The van der Waals surface area contributed by atoms with Gasteiger partial charge >= 0.3 is 10.2 Å². The van der Waals surface area contributed by atoms with E-state index in [2.05, 4.69) is 12.2 Å². The molecule has 1 aromatic rings. The van der Waals surface area contributed by atoms with Crippen molar-refractivity contribution < 1.29 is 12.3 Å². The number of anilines is 1. The van der Waals surface area contributed by atoms with Gasteiger partial charge in [-0.25, -0.2) is 0 Å². The smallest absolute Gasteiger partial charge is 0.326 e. The van der Waals surface area contributed by atoms with Gasteiger partial charge in [0.05, 0.1) is 5.41 Å². The van der Waals surface area contributed by atoms with E-state index in [1.54, 1.807) is 0 Å². The highest BCUT2D eigenvalue weighted by Crippen LogP contribution is 2.11. The minimum absolute atomic E-state index is 0. The second kappa shape index (κ2) is 8.11. The number of halogens is 2. The monoisotopic (exact) mass is 293 g/mol. The largest absolute Gasteiger partial charge is 0.361 e. The predicted molar refractivity (Wildman–Crippen MR) is 75.1 cm³/mol. The van der Waals surface area contributed by atoms with Gasteiger partial charge in [-0.15, -0.1) is 16.3 Å². The van der Waals surface area contributed by atoms with E-state index < -0.39 is 10.2 Å². The number of rotatable bonds is 6. The minimum atomic E-state index is -4.56. The Morgan fingerprint density at radius 1 is 1.28 bits per heavy atom. The Morgan fingerprint density at radius 3 is 2.39 bits per heavy atom. The molecule has 18 heavy (non-hydrogen) atoms. The van der Waals surface area contributed by atoms with Gasteiger partial charge in [-0.2, -0.15) is 8.42 Å². The maximum Gasteiger partial charge on any atom is 0.326 e. The Hall–Kier alpha value is -1.07. The third-order valence-electron chi connectivity index (χ3n) is 2.25. The summed E-state index contributed by atoms with van der Waals surface area (Å²) in [6.45, 7) is 2.14. The van der Waals surface area contributed by atoms with Gasteiger partial charge in [0.15, 0.2) is 0 Å². The molecule has 1 rings (SSSR count). The molecule has 0 heterocycles. The molecule has 0 bridgehead atoms. The number of hydrogen-bond acceptors (Lipinski definition) is 3. The van der Waals surface area contributed by atoms with Crippen molar-refractivity contribution in [1.82, 2.24) is 0 Å². The predicted octanol–water partition coefficient (Wildman–Crippen LogP) is 3.63. The summed E-state index contributed by atoms with van der Waals surface area (Å²) in [6.07, 6.45) is 4.39. The van der Waals surface area contributed by atoms with E-state index in [0.717, 1.165) is 31.1 Å². The number of aryl methyl sites for hydroxylation is 1. The van der Waals surface area contributed by atoms with Crippen LogP contribution in [-0.4, -0.2) is 8.42 Å². The first-order valence-corrected chi connectivity index (χ1v) is 6.92. The number of hydrogen-bond donors (Lipinski definition) is 1. The first-order chi connectivity index (χ1) is 8.01. The van der Waals surface area contributed by atoms with Crippen molar-refractivity contribution in [3.8, 4) is 0 Å². The Bertz CT molecular complexity index is 471. The van der Waals surface area contributed by atoms with Crippen LogP contribution in [0, 0.1) is 0 Å². The Kier molecular flexibility index (Phi) is 7.62. The van der Waals surface area contributed by atoms with E-state index in [-0.39, 0.29) is 12.4 Å².